The number of fused-ring (bicyclic) bond motifs is 1. The summed E-state index contributed by atoms with van der Waals surface area (Å²) in [5.74, 6) is 0.594. The van der Waals surface area contributed by atoms with E-state index in [9.17, 15) is 5.26 Å². The van der Waals surface area contributed by atoms with Crippen molar-refractivity contribution in [2.24, 2.45) is 0 Å². The normalized spacial score (nSPS) is 14.6. The van der Waals surface area contributed by atoms with E-state index in [1.165, 1.54) is 11.4 Å². The number of hydrogen-bond acceptors (Lipinski definition) is 4. The molecule has 0 spiro atoms. The van der Waals surface area contributed by atoms with E-state index < -0.39 is 0 Å². The highest BCUT2D eigenvalue weighted by Gasteiger charge is 2.17. The van der Waals surface area contributed by atoms with E-state index in [1.807, 2.05) is 42.5 Å². The summed E-state index contributed by atoms with van der Waals surface area (Å²) in [6.07, 6.45) is 1.87. The predicted molar refractivity (Wildman–Crippen MR) is 132 cm³/mol. The van der Waals surface area contributed by atoms with Gasteiger partial charge >= 0.3 is 0 Å². The van der Waals surface area contributed by atoms with E-state index in [-0.39, 0.29) is 0 Å². The first kappa shape index (κ1) is 20.2. The Labute approximate surface area is 192 Å². The van der Waals surface area contributed by atoms with Gasteiger partial charge in [0.1, 0.15) is 11.9 Å². The van der Waals surface area contributed by atoms with Crippen LogP contribution in [0.4, 0.5) is 11.4 Å². The number of nitrogens with zero attached hydrogens (tertiary/aromatic N) is 4. The van der Waals surface area contributed by atoms with Gasteiger partial charge in [0, 0.05) is 42.6 Å². The molecule has 5 rings (SSSR count). The summed E-state index contributed by atoms with van der Waals surface area (Å²) in [4.78, 5) is 12.5. The van der Waals surface area contributed by atoms with Gasteiger partial charge in [-0.3, -0.25) is 0 Å². The molecule has 0 bridgehead atoms. The molecule has 2 heterocycles. The maximum absolute atomic E-state index is 9.66. The lowest BCUT2D eigenvalue weighted by Crippen LogP contribution is -2.46. The Morgan fingerprint density at radius 1 is 0.875 bits per heavy atom. The predicted octanol–water partition coefficient (Wildman–Crippen LogP) is 5.61. The number of piperazine rings is 1. The zero-order chi connectivity index (χ0) is 21.9. The molecule has 5 nitrogen and oxygen atoms in total. The fourth-order valence-electron chi connectivity index (χ4n) is 4.06. The lowest BCUT2D eigenvalue weighted by Gasteiger charge is -2.37. The maximum atomic E-state index is 9.66. The topological polar surface area (TPSA) is 59.0 Å². The molecular weight excluding hydrogens is 418 g/mol. The van der Waals surface area contributed by atoms with E-state index in [1.54, 1.807) is 0 Å². The summed E-state index contributed by atoms with van der Waals surface area (Å²) in [7, 11) is 0. The molecule has 0 amide bonds. The van der Waals surface area contributed by atoms with Crippen LogP contribution in [-0.4, -0.2) is 36.1 Å². The number of aromatic amines is 1. The number of benzene rings is 3. The van der Waals surface area contributed by atoms with Gasteiger partial charge in [0.25, 0.3) is 0 Å². The van der Waals surface area contributed by atoms with Gasteiger partial charge in [0.05, 0.1) is 16.6 Å². The highest BCUT2D eigenvalue weighted by Crippen LogP contribution is 2.24. The van der Waals surface area contributed by atoms with Crippen molar-refractivity contribution in [2.45, 2.75) is 0 Å². The third kappa shape index (κ3) is 4.18. The molecule has 158 valence electrons. The fourth-order valence-corrected chi connectivity index (χ4v) is 4.18. The maximum Gasteiger partial charge on any atom is 0.149 e. The number of nitrogens with one attached hydrogen (secondary N) is 1. The molecule has 1 aliphatic heterocycles. The molecule has 4 aromatic rings. The van der Waals surface area contributed by atoms with E-state index in [0.29, 0.717) is 11.4 Å². The smallest absolute Gasteiger partial charge is 0.149 e. The van der Waals surface area contributed by atoms with Crippen molar-refractivity contribution in [3.8, 4) is 6.07 Å². The van der Waals surface area contributed by atoms with Crippen molar-refractivity contribution >= 4 is 45.7 Å². The highest BCUT2D eigenvalue weighted by atomic mass is 35.5. The molecule has 1 aromatic heterocycles. The van der Waals surface area contributed by atoms with E-state index >= 15 is 0 Å². The number of halogens is 1. The summed E-state index contributed by atoms with van der Waals surface area (Å²) in [5.41, 5.74) is 5.69. The molecule has 6 heteroatoms. The summed E-state index contributed by atoms with van der Waals surface area (Å²) < 4.78 is 0. The number of para-hydroxylation sites is 2. The van der Waals surface area contributed by atoms with E-state index in [4.69, 9.17) is 11.6 Å². The SMILES string of the molecule is N#C/C(=C\c1ccc(N2CCN(c3ccc(Cl)cc3)CC2)cc1)c1nc2ccccc2[nH]1. The summed E-state index contributed by atoms with van der Waals surface area (Å²) >= 11 is 6.01. The van der Waals surface area contributed by atoms with E-state index in [2.05, 4.69) is 62.2 Å². The first-order valence-corrected chi connectivity index (χ1v) is 11.0. The van der Waals surface area contributed by atoms with Crippen LogP contribution in [0.1, 0.15) is 11.4 Å². The Kier molecular flexibility index (Phi) is 5.53. The largest absolute Gasteiger partial charge is 0.368 e. The van der Waals surface area contributed by atoms with E-state index in [0.717, 1.165) is 47.8 Å². The van der Waals surface area contributed by atoms with Crippen molar-refractivity contribution < 1.29 is 0 Å². The Bertz CT molecular complexity index is 1260. The van der Waals surface area contributed by atoms with Crippen molar-refractivity contribution in [1.82, 2.24) is 9.97 Å². The van der Waals surface area contributed by atoms with Crippen LogP contribution in [0.3, 0.4) is 0 Å². The molecule has 0 unspecified atom stereocenters. The average Bonchev–Trinajstić information content (AvgIpc) is 3.28. The summed E-state index contributed by atoms with van der Waals surface area (Å²) in [5, 5.41) is 10.4. The quantitative estimate of drug-likeness (QED) is 0.420. The Hall–Kier alpha value is -3.75. The average molecular weight is 440 g/mol. The number of rotatable bonds is 4. The molecule has 1 aliphatic rings. The third-order valence-electron chi connectivity index (χ3n) is 5.81. The fraction of sp³-hybridized carbons (Fsp3) is 0.154. The highest BCUT2D eigenvalue weighted by molar-refractivity contribution is 6.30. The lowest BCUT2D eigenvalue weighted by atomic mass is 10.1. The van der Waals surface area contributed by atoms with Crippen LogP contribution in [0.5, 0.6) is 0 Å². The van der Waals surface area contributed by atoms with Gasteiger partial charge in [-0.1, -0.05) is 35.9 Å². The first-order chi connectivity index (χ1) is 15.7. The number of nitriles is 1. The minimum atomic E-state index is 0.519. The molecule has 0 aliphatic carbocycles. The summed E-state index contributed by atoms with van der Waals surface area (Å²) in [6.45, 7) is 3.85. The molecule has 3 aromatic carbocycles. The van der Waals surface area contributed by atoms with Gasteiger partial charge in [-0.05, 0) is 60.2 Å². The zero-order valence-corrected chi connectivity index (χ0v) is 18.3. The van der Waals surface area contributed by atoms with Crippen LogP contribution in [0, 0.1) is 11.3 Å². The minimum absolute atomic E-state index is 0.519. The summed E-state index contributed by atoms with van der Waals surface area (Å²) in [6, 6.07) is 26.5. The number of imidazole rings is 1. The Morgan fingerprint density at radius 2 is 1.47 bits per heavy atom. The first-order valence-electron chi connectivity index (χ1n) is 10.6. The van der Waals surface area contributed by atoms with Crippen LogP contribution in [0.25, 0.3) is 22.7 Å². The van der Waals surface area contributed by atoms with Crippen LogP contribution in [0.15, 0.2) is 72.8 Å². The lowest BCUT2D eigenvalue weighted by molar-refractivity contribution is 0.653. The Morgan fingerprint density at radius 3 is 2.06 bits per heavy atom. The number of allylic oxidation sites excluding steroid dienone is 1. The van der Waals surface area contributed by atoms with Gasteiger partial charge in [-0.2, -0.15) is 5.26 Å². The van der Waals surface area contributed by atoms with Crippen LogP contribution < -0.4 is 9.80 Å². The van der Waals surface area contributed by atoms with Gasteiger partial charge in [-0.25, -0.2) is 4.98 Å². The van der Waals surface area contributed by atoms with Crippen molar-refractivity contribution in [3.63, 3.8) is 0 Å². The Balaban J connectivity index is 1.27. The van der Waals surface area contributed by atoms with Gasteiger partial charge < -0.3 is 14.8 Å². The molecule has 1 saturated heterocycles. The van der Waals surface area contributed by atoms with Gasteiger partial charge in [-0.15, -0.1) is 0 Å². The van der Waals surface area contributed by atoms with Crippen molar-refractivity contribution in [1.29, 1.82) is 5.26 Å². The number of H-pyrrole nitrogens is 1. The van der Waals surface area contributed by atoms with Gasteiger partial charge in [0.15, 0.2) is 0 Å². The molecular formula is C26H22ClN5. The van der Waals surface area contributed by atoms with Crippen LogP contribution in [0.2, 0.25) is 5.02 Å². The molecule has 1 fully saturated rings. The minimum Gasteiger partial charge on any atom is -0.368 e. The standard InChI is InChI=1S/C26H22ClN5/c27-21-7-11-23(12-8-21)32-15-13-31(14-16-32)22-9-5-19(6-10-22)17-20(18-28)26-29-24-3-1-2-4-25(24)30-26/h1-12,17H,13-16H2,(H,29,30)/b20-17+. The number of hydrogen-bond donors (Lipinski definition) is 1. The number of anilines is 2. The number of aromatic nitrogens is 2. The molecule has 1 N–H and O–H groups in total. The zero-order valence-electron chi connectivity index (χ0n) is 17.5. The van der Waals surface area contributed by atoms with Gasteiger partial charge in [0.2, 0.25) is 0 Å². The monoisotopic (exact) mass is 439 g/mol. The molecule has 0 saturated carbocycles. The molecule has 0 atom stereocenters. The second-order valence-electron chi connectivity index (χ2n) is 7.81. The second kappa shape index (κ2) is 8.78. The van der Waals surface area contributed by atoms with Crippen LogP contribution in [-0.2, 0) is 0 Å². The third-order valence-corrected chi connectivity index (χ3v) is 6.06. The van der Waals surface area contributed by atoms with Crippen molar-refractivity contribution in [3.05, 3.63) is 89.2 Å². The van der Waals surface area contributed by atoms with Crippen molar-refractivity contribution in [2.75, 3.05) is 36.0 Å². The molecule has 0 radical (unpaired) electrons. The molecule has 32 heavy (non-hydrogen) atoms. The second-order valence-corrected chi connectivity index (χ2v) is 8.25. The van der Waals surface area contributed by atoms with Crippen LogP contribution >= 0.6 is 11.6 Å².